The highest BCUT2D eigenvalue weighted by Gasteiger charge is 2.31. The van der Waals surface area contributed by atoms with Crippen LogP contribution in [0.5, 0.6) is 5.75 Å². The summed E-state index contributed by atoms with van der Waals surface area (Å²) < 4.78 is 72.2. The van der Waals surface area contributed by atoms with E-state index in [9.17, 15) is 26.4 Å². The number of carbonyl (C=O) groups excluding carboxylic acids is 1. The van der Waals surface area contributed by atoms with Crippen molar-refractivity contribution in [3.63, 3.8) is 0 Å². The van der Waals surface area contributed by atoms with Gasteiger partial charge in [-0.3, -0.25) is 9.52 Å². The molecule has 0 aliphatic carbocycles. The fraction of sp³-hybridized carbons (Fsp3) is 0.222. The Kier molecular flexibility index (Phi) is 7.00. The fourth-order valence-electron chi connectivity index (χ4n) is 4.05. The standard InChI is InChI=1S/C27H24ClF3N2O4S/c1-26(2,3)21-12-15(13-22(28)24(21)37-4)11-20-19-14-18(9-10-23(19)32-25(20)34)38(35,36)33-17-7-5-16(6-8-17)27(29,30)31/h5-14,33H,1-4H3,(H,32,34). The summed E-state index contributed by atoms with van der Waals surface area (Å²) in [6, 6.07) is 11.2. The van der Waals surface area contributed by atoms with Crippen molar-refractivity contribution in [3.05, 3.63) is 81.9 Å². The van der Waals surface area contributed by atoms with Crippen LogP contribution in [0.2, 0.25) is 5.02 Å². The number of hydrogen-bond acceptors (Lipinski definition) is 4. The summed E-state index contributed by atoms with van der Waals surface area (Å²) in [4.78, 5) is 12.6. The molecule has 0 radical (unpaired) electrons. The molecule has 2 N–H and O–H groups in total. The lowest BCUT2D eigenvalue weighted by atomic mass is 9.85. The van der Waals surface area contributed by atoms with Crippen LogP contribution in [-0.4, -0.2) is 21.4 Å². The average molecular weight is 565 g/mol. The van der Waals surface area contributed by atoms with Crippen LogP contribution < -0.4 is 14.8 Å². The molecule has 38 heavy (non-hydrogen) atoms. The lowest BCUT2D eigenvalue weighted by Crippen LogP contribution is -2.13. The van der Waals surface area contributed by atoms with E-state index < -0.39 is 27.7 Å². The summed E-state index contributed by atoms with van der Waals surface area (Å²) >= 11 is 6.45. The average Bonchev–Trinajstić information content (AvgIpc) is 3.12. The van der Waals surface area contributed by atoms with Gasteiger partial charge in [0.25, 0.3) is 15.9 Å². The maximum Gasteiger partial charge on any atom is 0.416 e. The normalized spacial score (nSPS) is 14.8. The smallest absolute Gasteiger partial charge is 0.416 e. The van der Waals surface area contributed by atoms with Crippen molar-refractivity contribution in [2.75, 3.05) is 17.1 Å². The number of rotatable bonds is 5. The van der Waals surface area contributed by atoms with Crippen LogP contribution >= 0.6 is 11.6 Å². The topological polar surface area (TPSA) is 84.5 Å². The highest BCUT2D eigenvalue weighted by molar-refractivity contribution is 7.92. The first-order chi connectivity index (χ1) is 17.6. The zero-order valence-electron chi connectivity index (χ0n) is 20.8. The second kappa shape index (κ2) is 9.67. The van der Waals surface area contributed by atoms with E-state index in [0.717, 1.165) is 29.8 Å². The first-order valence-electron chi connectivity index (χ1n) is 11.4. The van der Waals surface area contributed by atoms with Crippen LogP contribution in [-0.2, 0) is 26.4 Å². The zero-order valence-corrected chi connectivity index (χ0v) is 22.4. The number of benzene rings is 3. The van der Waals surface area contributed by atoms with Gasteiger partial charge in [-0.2, -0.15) is 13.2 Å². The minimum Gasteiger partial charge on any atom is -0.495 e. The van der Waals surface area contributed by atoms with E-state index in [2.05, 4.69) is 10.0 Å². The summed E-state index contributed by atoms with van der Waals surface area (Å²) in [7, 11) is -2.65. The minimum absolute atomic E-state index is 0.0361. The Morgan fingerprint density at radius 1 is 1.00 bits per heavy atom. The minimum atomic E-state index is -4.54. The molecule has 0 fully saturated rings. The van der Waals surface area contributed by atoms with Crippen LogP contribution in [0.4, 0.5) is 24.5 Å². The van der Waals surface area contributed by atoms with Crippen molar-refractivity contribution in [2.24, 2.45) is 0 Å². The zero-order chi connectivity index (χ0) is 28.0. The van der Waals surface area contributed by atoms with Gasteiger partial charge in [-0.15, -0.1) is 0 Å². The summed E-state index contributed by atoms with van der Waals surface area (Å²) in [5.41, 5.74) is 1.21. The van der Waals surface area contributed by atoms with E-state index in [0.29, 0.717) is 27.6 Å². The molecule has 0 atom stereocenters. The van der Waals surface area contributed by atoms with Gasteiger partial charge < -0.3 is 10.1 Å². The van der Waals surface area contributed by atoms with E-state index in [1.54, 1.807) is 12.1 Å². The number of ether oxygens (including phenoxy) is 1. The monoisotopic (exact) mass is 564 g/mol. The summed E-state index contributed by atoms with van der Waals surface area (Å²) in [6.45, 7) is 5.99. The molecule has 0 saturated heterocycles. The second-order valence-electron chi connectivity index (χ2n) is 9.73. The molecule has 4 rings (SSSR count). The van der Waals surface area contributed by atoms with Crippen LogP contribution in [0, 0.1) is 0 Å². The molecule has 0 aromatic heterocycles. The van der Waals surface area contributed by atoms with E-state index in [-0.39, 0.29) is 21.6 Å². The number of amides is 1. The molecule has 0 unspecified atom stereocenters. The number of fused-ring (bicyclic) bond motifs is 1. The highest BCUT2D eigenvalue weighted by Crippen LogP contribution is 2.40. The Bertz CT molecular complexity index is 1560. The van der Waals surface area contributed by atoms with Gasteiger partial charge in [-0.05, 0) is 71.7 Å². The SMILES string of the molecule is COc1c(Cl)cc(C=C2C(=O)Nc3ccc(S(=O)(=O)Nc4ccc(C(F)(F)F)cc4)cc32)cc1C(C)(C)C. The van der Waals surface area contributed by atoms with Gasteiger partial charge in [0.2, 0.25) is 0 Å². The second-order valence-corrected chi connectivity index (χ2v) is 11.8. The Balaban J connectivity index is 1.71. The van der Waals surface area contributed by atoms with Crippen molar-refractivity contribution in [1.29, 1.82) is 0 Å². The van der Waals surface area contributed by atoms with Crippen molar-refractivity contribution in [2.45, 2.75) is 37.3 Å². The van der Waals surface area contributed by atoms with Gasteiger partial charge >= 0.3 is 6.18 Å². The van der Waals surface area contributed by atoms with Crippen LogP contribution in [0.15, 0.2) is 59.5 Å². The molecule has 3 aromatic carbocycles. The molecule has 200 valence electrons. The lowest BCUT2D eigenvalue weighted by Gasteiger charge is -2.23. The van der Waals surface area contributed by atoms with E-state index in [1.165, 1.54) is 25.3 Å². The number of carbonyl (C=O) groups is 1. The molecular formula is C27H24ClF3N2O4S. The lowest BCUT2D eigenvalue weighted by molar-refractivity contribution is -0.137. The molecule has 1 aliphatic heterocycles. The third-order valence-corrected chi connectivity index (χ3v) is 7.60. The predicted molar refractivity (Wildman–Crippen MR) is 142 cm³/mol. The third kappa shape index (κ3) is 5.51. The number of alkyl halides is 3. The highest BCUT2D eigenvalue weighted by atomic mass is 35.5. The van der Waals surface area contributed by atoms with Crippen molar-refractivity contribution in [3.8, 4) is 5.75 Å². The van der Waals surface area contributed by atoms with Crippen LogP contribution in [0.25, 0.3) is 11.6 Å². The van der Waals surface area contributed by atoms with Crippen LogP contribution in [0.1, 0.15) is 43.0 Å². The summed E-state index contributed by atoms with van der Waals surface area (Å²) in [6.07, 6.45) is -2.93. The Hall–Kier alpha value is -3.50. The van der Waals surface area contributed by atoms with Crippen molar-refractivity contribution in [1.82, 2.24) is 0 Å². The molecule has 0 saturated carbocycles. The Labute approximate surface area is 223 Å². The van der Waals surface area contributed by atoms with Gasteiger partial charge in [0.05, 0.1) is 22.6 Å². The number of hydrogen-bond donors (Lipinski definition) is 2. The largest absolute Gasteiger partial charge is 0.495 e. The predicted octanol–water partition coefficient (Wildman–Crippen LogP) is 6.96. The van der Waals surface area contributed by atoms with Gasteiger partial charge in [0.15, 0.2) is 0 Å². The van der Waals surface area contributed by atoms with Crippen LogP contribution in [0.3, 0.4) is 0 Å². The third-order valence-electron chi connectivity index (χ3n) is 5.94. The molecule has 1 amide bonds. The number of halogens is 4. The molecule has 0 spiro atoms. The number of methoxy groups -OCH3 is 1. The van der Waals surface area contributed by atoms with Gasteiger partial charge in [0, 0.05) is 28.1 Å². The Morgan fingerprint density at radius 2 is 1.66 bits per heavy atom. The maximum atomic E-state index is 13.0. The van der Waals surface area contributed by atoms with Crippen molar-refractivity contribution < 1.29 is 31.1 Å². The fourth-order valence-corrected chi connectivity index (χ4v) is 5.44. The molecule has 3 aromatic rings. The maximum absolute atomic E-state index is 13.0. The number of nitrogens with one attached hydrogen (secondary N) is 2. The van der Waals surface area contributed by atoms with E-state index in [4.69, 9.17) is 16.3 Å². The molecule has 6 nitrogen and oxygen atoms in total. The Morgan fingerprint density at radius 3 is 2.24 bits per heavy atom. The summed E-state index contributed by atoms with van der Waals surface area (Å²) in [5, 5.41) is 3.08. The first-order valence-corrected chi connectivity index (χ1v) is 13.2. The number of sulfonamides is 1. The van der Waals surface area contributed by atoms with E-state index in [1.807, 2.05) is 26.8 Å². The van der Waals surface area contributed by atoms with Gasteiger partial charge in [0.1, 0.15) is 5.75 Å². The molecule has 1 aliphatic rings. The first kappa shape index (κ1) is 27.5. The van der Waals surface area contributed by atoms with Crippen molar-refractivity contribution >= 4 is 50.6 Å². The van der Waals surface area contributed by atoms with E-state index >= 15 is 0 Å². The molecule has 11 heteroatoms. The molecule has 0 bridgehead atoms. The number of anilines is 2. The summed E-state index contributed by atoms with van der Waals surface area (Å²) in [5.74, 6) is 0.106. The van der Waals surface area contributed by atoms with Gasteiger partial charge in [-0.25, -0.2) is 8.42 Å². The quantitative estimate of drug-likeness (QED) is 0.328. The molecular weight excluding hydrogens is 541 g/mol. The van der Waals surface area contributed by atoms with Gasteiger partial charge in [-0.1, -0.05) is 32.4 Å². The molecule has 1 heterocycles.